The maximum atomic E-state index is 15.5. The molecule has 1 heterocycles. The molecule has 0 bridgehead atoms. The van der Waals surface area contributed by atoms with Crippen LogP contribution in [0.15, 0.2) is 71.8 Å². The molecule has 35 heavy (non-hydrogen) atoms. The summed E-state index contributed by atoms with van der Waals surface area (Å²) in [7, 11) is -3.40. The minimum atomic E-state index is -3.40. The van der Waals surface area contributed by atoms with Gasteiger partial charge >= 0.3 is 0 Å². The molecular formula is C26H23Cl2FN2O3S. The summed E-state index contributed by atoms with van der Waals surface area (Å²) in [5.41, 5.74) is 0.794. The van der Waals surface area contributed by atoms with Crippen LogP contribution in [0.2, 0.25) is 10.0 Å². The monoisotopic (exact) mass is 532 g/mol. The third kappa shape index (κ3) is 5.00. The second kappa shape index (κ2) is 9.39. The van der Waals surface area contributed by atoms with Gasteiger partial charge in [0.25, 0.3) is 0 Å². The average Bonchev–Trinajstić information content (AvgIpc) is 3.26. The first-order valence-electron chi connectivity index (χ1n) is 10.8. The first kappa shape index (κ1) is 25.4. The number of benzene rings is 3. The van der Waals surface area contributed by atoms with E-state index in [1.54, 1.807) is 69.4 Å². The number of halogens is 3. The second-order valence-corrected chi connectivity index (χ2v) is 11.6. The van der Waals surface area contributed by atoms with Gasteiger partial charge in [-0.3, -0.25) is 4.57 Å². The van der Waals surface area contributed by atoms with Crippen LogP contribution in [0.5, 0.6) is 0 Å². The maximum absolute atomic E-state index is 15.5. The van der Waals surface area contributed by atoms with E-state index >= 15 is 4.39 Å². The summed E-state index contributed by atoms with van der Waals surface area (Å²) >= 11 is 12.6. The Kier molecular flexibility index (Phi) is 6.81. The molecule has 0 aliphatic carbocycles. The van der Waals surface area contributed by atoms with Crippen LogP contribution in [0.25, 0.3) is 28.2 Å². The number of aliphatic hydroxyl groups is 1. The van der Waals surface area contributed by atoms with Crippen molar-refractivity contribution >= 4 is 33.0 Å². The van der Waals surface area contributed by atoms with Crippen LogP contribution < -0.4 is 0 Å². The van der Waals surface area contributed by atoms with Crippen molar-refractivity contribution in [1.82, 2.24) is 9.55 Å². The Morgan fingerprint density at radius 3 is 2.37 bits per heavy atom. The number of nitrogens with zero attached hydrogens (tertiary/aromatic N) is 2. The van der Waals surface area contributed by atoms with Crippen molar-refractivity contribution in [3.05, 3.63) is 88.4 Å². The van der Waals surface area contributed by atoms with E-state index in [0.717, 1.165) is 0 Å². The molecule has 0 spiro atoms. The number of sulfone groups is 1. The lowest BCUT2D eigenvalue weighted by atomic mass is 10.0. The lowest BCUT2D eigenvalue weighted by Gasteiger charge is -2.13. The molecule has 1 N–H and O–H groups in total. The van der Waals surface area contributed by atoms with E-state index in [-0.39, 0.29) is 21.4 Å². The number of imidazole rings is 1. The highest BCUT2D eigenvalue weighted by Crippen LogP contribution is 2.36. The van der Waals surface area contributed by atoms with E-state index in [2.05, 4.69) is 4.98 Å². The highest BCUT2D eigenvalue weighted by Gasteiger charge is 2.25. The zero-order chi connectivity index (χ0) is 25.5. The summed E-state index contributed by atoms with van der Waals surface area (Å²) in [6, 6.07) is 16.1. The van der Waals surface area contributed by atoms with Crippen LogP contribution in [-0.4, -0.2) is 28.8 Å². The molecular weight excluding hydrogens is 510 g/mol. The summed E-state index contributed by atoms with van der Waals surface area (Å²) in [4.78, 5) is 4.72. The summed E-state index contributed by atoms with van der Waals surface area (Å²) < 4.78 is 41.6. The molecule has 0 saturated carbocycles. The SMILES string of the molecule is CCS(=O)(=O)c1cccc(-c2ccc(-n3cc(C(C)(C)O)nc3-c3cccc(Cl)c3Cl)c(F)c2)c1. The molecule has 4 rings (SSSR count). The molecule has 0 fully saturated rings. The van der Waals surface area contributed by atoms with Gasteiger partial charge in [-0.25, -0.2) is 17.8 Å². The highest BCUT2D eigenvalue weighted by atomic mass is 35.5. The Bertz CT molecular complexity index is 1530. The highest BCUT2D eigenvalue weighted by molar-refractivity contribution is 7.91. The van der Waals surface area contributed by atoms with Crippen molar-refractivity contribution in [3.63, 3.8) is 0 Å². The molecule has 0 radical (unpaired) electrons. The molecule has 5 nitrogen and oxygen atoms in total. The average molecular weight is 533 g/mol. The van der Waals surface area contributed by atoms with E-state index in [4.69, 9.17) is 23.2 Å². The Balaban J connectivity index is 1.86. The number of rotatable bonds is 6. The number of hydrogen-bond acceptors (Lipinski definition) is 4. The van der Waals surface area contributed by atoms with Crippen LogP contribution >= 0.6 is 23.2 Å². The molecule has 0 amide bonds. The van der Waals surface area contributed by atoms with Crippen molar-refractivity contribution in [2.24, 2.45) is 0 Å². The van der Waals surface area contributed by atoms with Gasteiger partial charge in [-0.1, -0.05) is 54.4 Å². The van der Waals surface area contributed by atoms with E-state index < -0.39 is 21.3 Å². The first-order chi connectivity index (χ1) is 16.4. The van der Waals surface area contributed by atoms with Crippen LogP contribution in [-0.2, 0) is 15.4 Å². The Hall–Kier alpha value is -2.71. The molecule has 0 aliphatic rings. The number of aromatic nitrogens is 2. The van der Waals surface area contributed by atoms with Gasteiger partial charge < -0.3 is 5.11 Å². The maximum Gasteiger partial charge on any atom is 0.178 e. The standard InChI is InChI=1S/C26H23Cl2FN2O3S/c1-4-35(33,34)18-8-5-7-16(13-18)17-11-12-22(21(29)14-17)31-15-23(26(2,3)32)30-25(31)19-9-6-10-20(27)24(19)28/h5-15,32H,4H2,1-3H3. The fourth-order valence-corrected chi connectivity index (χ4v) is 4.95. The quantitative estimate of drug-likeness (QED) is 0.300. The predicted molar refractivity (Wildman–Crippen MR) is 137 cm³/mol. The molecule has 0 atom stereocenters. The van der Waals surface area contributed by atoms with Gasteiger partial charge in [-0.05, 0) is 61.4 Å². The fraction of sp³-hybridized carbons (Fsp3) is 0.192. The van der Waals surface area contributed by atoms with Crippen LogP contribution in [0.1, 0.15) is 26.5 Å². The van der Waals surface area contributed by atoms with Gasteiger partial charge in [-0.15, -0.1) is 0 Å². The molecule has 0 aliphatic heterocycles. The Morgan fingerprint density at radius 1 is 1.03 bits per heavy atom. The van der Waals surface area contributed by atoms with Crippen molar-refractivity contribution in [2.45, 2.75) is 31.3 Å². The summed E-state index contributed by atoms with van der Waals surface area (Å²) in [6.45, 7) is 4.74. The van der Waals surface area contributed by atoms with Crippen LogP contribution in [0.3, 0.4) is 0 Å². The van der Waals surface area contributed by atoms with Crippen molar-refractivity contribution in [1.29, 1.82) is 0 Å². The van der Waals surface area contributed by atoms with E-state index in [0.29, 0.717) is 33.2 Å². The number of hydrogen-bond donors (Lipinski definition) is 1. The molecule has 9 heteroatoms. The Labute approximate surface area is 213 Å². The van der Waals surface area contributed by atoms with Crippen molar-refractivity contribution in [2.75, 3.05) is 5.75 Å². The minimum Gasteiger partial charge on any atom is -0.384 e. The van der Waals surface area contributed by atoms with E-state index in [1.807, 2.05) is 0 Å². The molecule has 4 aromatic rings. The largest absolute Gasteiger partial charge is 0.384 e. The summed E-state index contributed by atoms with van der Waals surface area (Å²) in [5, 5.41) is 11.1. The first-order valence-corrected chi connectivity index (χ1v) is 13.2. The lowest BCUT2D eigenvalue weighted by molar-refractivity contribution is 0.0743. The second-order valence-electron chi connectivity index (χ2n) is 8.58. The third-order valence-electron chi connectivity index (χ3n) is 5.64. The zero-order valence-corrected chi connectivity index (χ0v) is 21.6. The van der Waals surface area contributed by atoms with Crippen LogP contribution in [0.4, 0.5) is 4.39 Å². The molecule has 3 aromatic carbocycles. The third-order valence-corrected chi connectivity index (χ3v) is 8.19. The van der Waals surface area contributed by atoms with Gasteiger partial charge in [0.1, 0.15) is 17.2 Å². The summed E-state index contributed by atoms with van der Waals surface area (Å²) in [6.07, 6.45) is 1.55. The molecule has 0 saturated heterocycles. The molecule has 182 valence electrons. The van der Waals surface area contributed by atoms with Gasteiger partial charge in [-0.2, -0.15) is 0 Å². The normalized spacial score (nSPS) is 12.2. The predicted octanol–water partition coefficient (Wildman–Crippen LogP) is 6.67. The van der Waals surface area contributed by atoms with E-state index in [1.165, 1.54) is 22.8 Å². The van der Waals surface area contributed by atoms with Crippen molar-refractivity contribution in [3.8, 4) is 28.2 Å². The van der Waals surface area contributed by atoms with Crippen molar-refractivity contribution < 1.29 is 17.9 Å². The zero-order valence-electron chi connectivity index (χ0n) is 19.3. The van der Waals surface area contributed by atoms with Gasteiger partial charge in [0.15, 0.2) is 9.84 Å². The Morgan fingerprint density at radius 2 is 1.71 bits per heavy atom. The van der Waals surface area contributed by atoms with Gasteiger partial charge in [0.2, 0.25) is 0 Å². The topological polar surface area (TPSA) is 72.2 Å². The summed E-state index contributed by atoms with van der Waals surface area (Å²) in [5.74, 6) is -0.273. The molecule has 1 aromatic heterocycles. The minimum absolute atomic E-state index is 0.0250. The van der Waals surface area contributed by atoms with Gasteiger partial charge in [0.05, 0.1) is 32.1 Å². The van der Waals surface area contributed by atoms with Gasteiger partial charge in [0, 0.05) is 11.8 Å². The van der Waals surface area contributed by atoms with Crippen LogP contribution in [0, 0.1) is 5.82 Å². The van der Waals surface area contributed by atoms with E-state index in [9.17, 15) is 13.5 Å². The molecule has 0 unspecified atom stereocenters. The lowest BCUT2D eigenvalue weighted by Crippen LogP contribution is -2.15. The fourth-order valence-electron chi connectivity index (χ4n) is 3.64. The smallest absolute Gasteiger partial charge is 0.178 e.